The molecule has 1 aromatic carbocycles. The highest BCUT2D eigenvalue weighted by molar-refractivity contribution is 7.99. The van der Waals surface area contributed by atoms with Crippen molar-refractivity contribution in [1.29, 1.82) is 0 Å². The molecule has 0 fully saturated rings. The third-order valence-electron chi connectivity index (χ3n) is 3.27. The number of hydrogen-bond donors (Lipinski definition) is 2. The Morgan fingerprint density at radius 2 is 2.00 bits per heavy atom. The standard InChI is InChI=1S/C16H20N4O4S/c1-23-12-7-5-11(6-8-12)15-18-16(20-19-15)25-10-13(21)17-9-3-4-14(22)24-2/h5-8H,3-4,9-10H2,1-2H3,(H,17,21)(H,18,19,20). The van der Waals surface area contributed by atoms with Crippen molar-refractivity contribution in [3.05, 3.63) is 24.3 Å². The molecule has 1 amide bonds. The van der Waals surface area contributed by atoms with Crippen LogP contribution in [0.1, 0.15) is 12.8 Å². The van der Waals surface area contributed by atoms with Crippen LogP contribution in [-0.2, 0) is 14.3 Å². The van der Waals surface area contributed by atoms with Gasteiger partial charge in [-0.25, -0.2) is 4.98 Å². The molecular formula is C16H20N4O4S. The quantitative estimate of drug-likeness (QED) is 0.396. The summed E-state index contributed by atoms with van der Waals surface area (Å²) in [6.07, 6.45) is 0.835. The number of methoxy groups -OCH3 is 2. The van der Waals surface area contributed by atoms with Crippen molar-refractivity contribution in [2.75, 3.05) is 26.5 Å². The number of carbonyl (C=O) groups excluding carboxylic acids is 2. The minimum Gasteiger partial charge on any atom is -0.497 e. The van der Waals surface area contributed by atoms with E-state index in [1.165, 1.54) is 18.9 Å². The molecule has 1 aromatic heterocycles. The lowest BCUT2D eigenvalue weighted by Gasteiger charge is -2.03. The van der Waals surface area contributed by atoms with Crippen LogP contribution in [0.4, 0.5) is 0 Å². The number of H-pyrrole nitrogens is 1. The second-order valence-electron chi connectivity index (χ2n) is 5.01. The highest BCUT2D eigenvalue weighted by Crippen LogP contribution is 2.21. The van der Waals surface area contributed by atoms with Crippen molar-refractivity contribution >= 4 is 23.6 Å². The van der Waals surface area contributed by atoms with E-state index in [2.05, 4.69) is 25.2 Å². The molecule has 0 saturated carbocycles. The molecule has 0 aliphatic heterocycles. The summed E-state index contributed by atoms with van der Waals surface area (Å²) in [6, 6.07) is 7.43. The van der Waals surface area contributed by atoms with Gasteiger partial charge in [0.25, 0.3) is 0 Å². The summed E-state index contributed by atoms with van der Waals surface area (Å²) in [7, 11) is 2.95. The van der Waals surface area contributed by atoms with Crippen LogP contribution in [0.25, 0.3) is 11.4 Å². The van der Waals surface area contributed by atoms with E-state index in [0.717, 1.165) is 11.3 Å². The van der Waals surface area contributed by atoms with Crippen LogP contribution in [0.15, 0.2) is 29.4 Å². The molecule has 2 rings (SSSR count). The summed E-state index contributed by atoms with van der Waals surface area (Å²) in [5, 5.41) is 10.2. The van der Waals surface area contributed by atoms with Crippen molar-refractivity contribution in [3.8, 4) is 17.1 Å². The van der Waals surface area contributed by atoms with Crippen LogP contribution in [0.2, 0.25) is 0 Å². The van der Waals surface area contributed by atoms with Crippen LogP contribution in [-0.4, -0.2) is 53.6 Å². The molecule has 8 nitrogen and oxygen atoms in total. The van der Waals surface area contributed by atoms with E-state index in [9.17, 15) is 9.59 Å². The lowest BCUT2D eigenvalue weighted by Crippen LogP contribution is -2.26. The zero-order chi connectivity index (χ0) is 18.1. The van der Waals surface area contributed by atoms with Gasteiger partial charge in [-0.1, -0.05) is 11.8 Å². The molecule has 134 valence electrons. The number of carbonyl (C=O) groups is 2. The Balaban J connectivity index is 1.75. The molecule has 0 spiro atoms. The summed E-state index contributed by atoms with van der Waals surface area (Å²) < 4.78 is 9.65. The Morgan fingerprint density at radius 3 is 2.68 bits per heavy atom. The highest BCUT2D eigenvalue weighted by Gasteiger charge is 2.09. The fourth-order valence-electron chi connectivity index (χ4n) is 1.93. The number of aromatic nitrogens is 3. The average Bonchev–Trinajstić information content (AvgIpc) is 3.12. The van der Waals surface area contributed by atoms with Gasteiger partial charge in [0.1, 0.15) is 5.75 Å². The Morgan fingerprint density at radius 1 is 1.24 bits per heavy atom. The predicted molar refractivity (Wildman–Crippen MR) is 93.4 cm³/mol. The first kappa shape index (κ1) is 18.8. The van der Waals surface area contributed by atoms with Crippen molar-refractivity contribution in [2.45, 2.75) is 18.0 Å². The number of ether oxygens (including phenoxy) is 2. The maximum atomic E-state index is 11.8. The molecule has 1 heterocycles. The number of thioether (sulfide) groups is 1. The second kappa shape index (κ2) is 9.67. The van der Waals surface area contributed by atoms with Crippen LogP contribution in [0, 0.1) is 0 Å². The third kappa shape index (κ3) is 6.11. The van der Waals surface area contributed by atoms with Crippen LogP contribution in [0.5, 0.6) is 5.75 Å². The van der Waals surface area contributed by atoms with E-state index < -0.39 is 0 Å². The zero-order valence-electron chi connectivity index (χ0n) is 14.1. The van der Waals surface area contributed by atoms with Crippen LogP contribution < -0.4 is 10.1 Å². The monoisotopic (exact) mass is 364 g/mol. The highest BCUT2D eigenvalue weighted by atomic mass is 32.2. The summed E-state index contributed by atoms with van der Waals surface area (Å²) >= 11 is 1.24. The Kier molecular flexibility index (Phi) is 7.27. The minimum absolute atomic E-state index is 0.134. The van der Waals surface area contributed by atoms with E-state index in [4.69, 9.17) is 4.74 Å². The molecule has 9 heteroatoms. The van der Waals surface area contributed by atoms with Gasteiger partial charge in [0, 0.05) is 18.5 Å². The predicted octanol–water partition coefficient (Wildman–Crippen LogP) is 1.64. The molecule has 0 aliphatic rings. The zero-order valence-corrected chi connectivity index (χ0v) is 14.9. The topological polar surface area (TPSA) is 106 Å². The van der Waals surface area contributed by atoms with Gasteiger partial charge in [0.05, 0.1) is 20.0 Å². The average molecular weight is 364 g/mol. The lowest BCUT2D eigenvalue weighted by atomic mass is 10.2. The van der Waals surface area contributed by atoms with E-state index in [1.807, 2.05) is 24.3 Å². The van der Waals surface area contributed by atoms with Gasteiger partial charge < -0.3 is 14.8 Å². The first-order chi connectivity index (χ1) is 12.1. The van der Waals surface area contributed by atoms with E-state index in [1.54, 1.807) is 7.11 Å². The molecule has 0 bridgehead atoms. The second-order valence-corrected chi connectivity index (χ2v) is 5.96. The summed E-state index contributed by atoms with van der Waals surface area (Å²) in [4.78, 5) is 27.1. The van der Waals surface area contributed by atoms with E-state index in [0.29, 0.717) is 23.9 Å². The number of esters is 1. The molecular weight excluding hydrogens is 344 g/mol. The number of rotatable bonds is 9. The summed E-state index contributed by atoms with van der Waals surface area (Å²) in [5.41, 5.74) is 0.882. The van der Waals surface area contributed by atoms with Crippen LogP contribution >= 0.6 is 11.8 Å². The number of hydrogen-bond acceptors (Lipinski definition) is 7. The van der Waals surface area contributed by atoms with Gasteiger partial charge in [-0.15, -0.1) is 5.10 Å². The van der Waals surface area contributed by atoms with Gasteiger partial charge in [-0.05, 0) is 30.7 Å². The molecule has 0 unspecified atom stereocenters. The Labute approximate surface area is 149 Å². The number of amides is 1. The maximum absolute atomic E-state index is 11.8. The SMILES string of the molecule is COC(=O)CCCNC(=O)CSc1n[nH]c(-c2ccc(OC)cc2)n1. The molecule has 0 aliphatic carbocycles. The van der Waals surface area contributed by atoms with Crippen molar-refractivity contribution in [1.82, 2.24) is 20.5 Å². The Bertz CT molecular complexity index is 702. The number of aromatic amines is 1. The van der Waals surface area contributed by atoms with Crippen molar-refractivity contribution < 1.29 is 19.1 Å². The van der Waals surface area contributed by atoms with Gasteiger partial charge in [0.15, 0.2) is 5.82 Å². The minimum atomic E-state index is -0.282. The number of nitrogens with one attached hydrogen (secondary N) is 2. The summed E-state index contributed by atoms with van der Waals surface area (Å²) in [5.74, 6) is 1.18. The van der Waals surface area contributed by atoms with Gasteiger partial charge >= 0.3 is 5.97 Å². The number of benzene rings is 1. The first-order valence-electron chi connectivity index (χ1n) is 7.65. The third-order valence-corrected chi connectivity index (χ3v) is 4.12. The van der Waals surface area contributed by atoms with Crippen molar-refractivity contribution in [3.63, 3.8) is 0 Å². The number of nitrogens with zero attached hydrogens (tertiary/aromatic N) is 2. The fourth-order valence-corrected chi connectivity index (χ4v) is 2.56. The van der Waals surface area contributed by atoms with Gasteiger partial charge in [-0.2, -0.15) is 0 Å². The van der Waals surface area contributed by atoms with E-state index >= 15 is 0 Å². The molecule has 2 N–H and O–H groups in total. The lowest BCUT2D eigenvalue weighted by molar-refractivity contribution is -0.140. The molecule has 2 aromatic rings. The summed E-state index contributed by atoms with van der Waals surface area (Å²) in [6.45, 7) is 0.430. The molecule has 25 heavy (non-hydrogen) atoms. The van der Waals surface area contributed by atoms with Gasteiger partial charge in [-0.3, -0.25) is 14.7 Å². The molecule has 0 atom stereocenters. The smallest absolute Gasteiger partial charge is 0.305 e. The van der Waals surface area contributed by atoms with Crippen molar-refractivity contribution in [2.24, 2.45) is 0 Å². The first-order valence-corrected chi connectivity index (χ1v) is 8.64. The maximum Gasteiger partial charge on any atom is 0.305 e. The Hall–Kier alpha value is -2.55. The van der Waals surface area contributed by atoms with Gasteiger partial charge in [0.2, 0.25) is 11.1 Å². The normalized spacial score (nSPS) is 10.3. The van der Waals surface area contributed by atoms with Crippen LogP contribution in [0.3, 0.4) is 0 Å². The molecule has 0 saturated heterocycles. The molecule has 0 radical (unpaired) electrons. The fraction of sp³-hybridized carbons (Fsp3) is 0.375. The van der Waals surface area contributed by atoms with E-state index in [-0.39, 0.29) is 24.1 Å². The largest absolute Gasteiger partial charge is 0.497 e.